The fourth-order valence-electron chi connectivity index (χ4n) is 2.58. The predicted molar refractivity (Wildman–Crippen MR) is 76.4 cm³/mol. The van der Waals surface area contributed by atoms with Gasteiger partial charge in [0.05, 0.1) is 15.4 Å². The van der Waals surface area contributed by atoms with Crippen LogP contribution in [-0.4, -0.2) is 31.6 Å². The van der Waals surface area contributed by atoms with Crippen LogP contribution in [0.4, 0.5) is 11.4 Å². The average Bonchev–Trinajstić information content (AvgIpc) is 2.50. The molecule has 120 valence electrons. The summed E-state index contributed by atoms with van der Waals surface area (Å²) in [6.45, 7) is 0. The van der Waals surface area contributed by atoms with Crippen molar-refractivity contribution < 1.29 is 29.6 Å². The lowest BCUT2D eigenvalue weighted by Crippen LogP contribution is -2.22. The highest BCUT2D eigenvalue weighted by Gasteiger charge is 2.40. The first-order chi connectivity index (χ1) is 11.2. The van der Waals surface area contributed by atoms with Gasteiger partial charge >= 0.3 is 5.69 Å². The highest BCUT2D eigenvalue weighted by molar-refractivity contribution is 6.31. The van der Waals surface area contributed by atoms with Gasteiger partial charge in [-0.15, -0.1) is 0 Å². The minimum Gasteiger partial charge on any atom is -0.507 e. The van der Waals surface area contributed by atoms with Crippen LogP contribution in [0, 0.1) is 20.2 Å². The molecule has 0 amide bonds. The lowest BCUT2D eigenvalue weighted by Gasteiger charge is -2.18. The number of phenolic OH excluding ortho intramolecular Hbond substituents is 2. The molecule has 2 aromatic carbocycles. The number of carbonyl (C=O) groups excluding carboxylic acids is 2. The Labute approximate surface area is 131 Å². The fraction of sp³-hybridized carbons (Fsp3) is 0. The number of fused-ring (bicyclic) bond motifs is 2. The third-order valence-corrected chi connectivity index (χ3v) is 3.60. The molecular weight excluding hydrogens is 324 g/mol. The molecule has 0 unspecified atom stereocenters. The van der Waals surface area contributed by atoms with Crippen molar-refractivity contribution >= 4 is 22.9 Å². The summed E-state index contributed by atoms with van der Waals surface area (Å²) in [7, 11) is 0. The predicted octanol–water partition coefficient (Wildman–Crippen LogP) is 1.69. The molecule has 10 heteroatoms. The smallest absolute Gasteiger partial charge is 0.322 e. The summed E-state index contributed by atoms with van der Waals surface area (Å²) in [6, 6.07) is 3.41. The number of nitro benzene ring substituents is 2. The van der Waals surface area contributed by atoms with E-state index in [9.17, 15) is 40.0 Å². The van der Waals surface area contributed by atoms with E-state index in [1.807, 2.05) is 0 Å². The molecule has 0 bridgehead atoms. The van der Waals surface area contributed by atoms with Gasteiger partial charge in [-0.2, -0.15) is 0 Å². The zero-order chi connectivity index (χ0) is 17.8. The Morgan fingerprint density at radius 2 is 1.42 bits per heavy atom. The molecule has 2 N–H and O–H groups in total. The fourth-order valence-corrected chi connectivity index (χ4v) is 2.58. The van der Waals surface area contributed by atoms with Gasteiger partial charge < -0.3 is 10.2 Å². The number of aromatic hydroxyl groups is 2. The van der Waals surface area contributed by atoms with Crippen molar-refractivity contribution in [2.75, 3.05) is 0 Å². The summed E-state index contributed by atoms with van der Waals surface area (Å²) in [5.41, 5.74) is -3.51. The van der Waals surface area contributed by atoms with Crippen LogP contribution in [0.3, 0.4) is 0 Å². The summed E-state index contributed by atoms with van der Waals surface area (Å²) < 4.78 is 0. The SMILES string of the molecule is O=C1c2cc([N+](=O)[O-])ccc2C(=O)c2c1c(O)cc(O)c2[N+](=O)[O-]. The molecule has 3 rings (SSSR count). The number of hydrogen-bond acceptors (Lipinski definition) is 8. The zero-order valence-electron chi connectivity index (χ0n) is 11.5. The lowest BCUT2D eigenvalue weighted by molar-refractivity contribution is -0.386. The van der Waals surface area contributed by atoms with Gasteiger partial charge in [0.1, 0.15) is 11.3 Å². The second-order valence-corrected chi connectivity index (χ2v) is 4.92. The average molecular weight is 330 g/mol. The quantitative estimate of drug-likeness (QED) is 0.530. The van der Waals surface area contributed by atoms with Crippen LogP contribution in [-0.2, 0) is 0 Å². The van der Waals surface area contributed by atoms with Gasteiger partial charge in [0.25, 0.3) is 5.69 Å². The minimum absolute atomic E-state index is 0.286. The van der Waals surface area contributed by atoms with E-state index >= 15 is 0 Å². The van der Waals surface area contributed by atoms with E-state index in [4.69, 9.17) is 0 Å². The van der Waals surface area contributed by atoms with E-state index in [0.717, 1.165) is 18.2 Å². The Balaban J connectivity index is 2.38. The first-order valence-corrected chi connectivity index (χ1v) is 6.35. The standard InChI is InChI=1S/C14H6N2O8/c17-8-4-9(18)12(16(23)24)11-10(8)14(20)7-3-5(15(21)22)1-2-6(7)13(11)19/h1-4,17-18H. The third kappa shape index (κ3) is 1.90. The molecule has 2 aromatic rings. The van der Waals surface area contributed by atoms with E-state index in [1.165, 1.54) is 0 Å². The molecule has 0 atom stereocenters. The Kier molecular flexibility index (Phi) is 3.04. The Morgan fingerprint density at radius 3 is 2.00 bits per heavy atom. The van der Waals surface area contributed by atoms with Crippen LogP contribution in [0.25, 0.3) is 0 Å². The molecule has 0 saturated carbocycles. The Bertz CT molecular complexity index is 979. The minimum atomic E-state index is -1.05. The maximum absolute atomic E-state index is 12.5. The topological polar surface area (TPSA) is 161 Å². The van der Waals surface area contributed by atoms with Crippen LogP contribution >= 0.6 is 0 Å². The number of ketones is 2. The highest BCUT2D eigenvalue weighted by atomic mass is 16.6. The number of rotatable bonds is 2. The van der Waals surface area contributed by atoms with E-state index < -0.39 is 55.4 Å². The van der Waals surface area contributed by atoms with Crippen molar-refractivity contribution in [3.05, 3.63) is 66.7 Å². The van der Waals surface area contributed by atoms with Crippen molar-refractivity contribution in [2.45, 2.75) is 0 Å². The summed E-state index contributed by atoms with van der Waals surface area (Å²) in [5.74, 6) is -3.78. The van der Waals surface area contributed by atoms with E-state index in [-0.39, 0.29) is 11.1 Å². The van der Waals surface area contributed by atoms with Gasteiger partial charge in [-0.25, -0.2) is 0 Å². The molecule has 10 nitrogen and oxygen atoms in total. The highest BCUT2D eigenvalue weighted by Crippen LogP contribution is 2.43. The Morgan fingerprint density at radius 1 is 0.792 bits per heavy atom. The van der Waals surface area contributed by atoms with Crippen LogP contribution < -0.4 is 0 Å². The summed E-state index contributed by atoms with van der Waals surface area (Å²) in [4.78, 5) is 45.1. The molecule has 0 aliphatic heterocycles. The number of non-ortho nitro benzene ring substituents is 1. The van der Waals surface area contributed by atoms with Gasteiger partial charge in [0.2, 0.25) is 5.78 Å². The first-order valence-electron chi connectivity index (χ1n) is 6.35. The number of nitrogens with zero attached hydrogens (tertiary/aromatic N) is 2. The lowest BCUT2D eigenvalue weighted by atomic mass is 9.82. The maximum atomic E-state index is 12.5. The van der Waals surface area contributed by atoms with E-state index in [0.29, 0.717) is 6.07 Å². The second kappa shape index (κ2) is 4.84. The molecular formula is C14H6N2O8. The van der Waals surface area contributed by atoms with Crippen molar-refractivity contribution in [3.8, 4) is 11.5 Å². The van der Waals surface area contributed by atoms with Crippen molar-refractivity contribution in [1.29, 1.82) is 0 Å². The number of hydrogen-bond donors (Lipinski definition) is 2. The van der Waals surface area contributed by atoms with Gasteiger partial charge in [-0.3, -0.25) is 29.8 Å². The largest absolute Gasteiger partial charge is 0.507 e. The van der Waals surface area contributed by atoms with Crippen LogP contribution in [0.15, 0.2) is 24.3 Å². The number of nitro groups is 2. The molecule has 0 fully saturated rings. The molecule has 0 radical (unpaired) electrons. The van der Waals surface area contributed by atoms with Crippen LogP contribution in [0.1, 0.15) is 31.8 Å². The molecule has 1 aliphatic rings. The van der Waals surface area contributed by atoms with E-state index in [1.54, 1.807) is 0 Å². The monoisotopic (exact) mass is 330 g/mol. The van der Waals surface area contributed by atoms with Gasteiger partial charge in [0.15, 0.2) is 11.5 Å². The van der Waals surface area contributed by atoms with Gasteiger partial charge in [-0.1, -0.05) is 0 Å². The maximum Gasteiger partial charge on any atom is 0.322 e. The van der Waals surface area contributed by atoms with Crippen molar-refractivity contribution in [3.63, 3.8) is 0 Å². The van der Waals surface area contributed by atoms with Crippen molar-refractivity contribution in [1.82, 2.24) is 0 Å². The number of carbonyl (C=O) groups is 2. The molecule has 1 aliphatic carbocycles. The summed E-state index contributed by atoms with van der Waals surface area (Å²) in [5, 5.41) is 41.4. The van der Waals surface area contributed by atoms with Crippen LogP contribution in [0.5, 0.6) is 11.5 Å². The zero-order valence-corrected chi connectivity index (χ0v) is 11.5. The number of benzene rings is 2. The van der Waals surface area contributed by atoms with Gasteiger partial charge in [0, 0.05) is 29.3 Å². The van der Waals surface area contributed by atoms with E-state index in [2.05, 4.69) is 0 Å². The van der Waals surface area contributed by atoms with Crippen molar-refractivity contribution in [2.24, 2.45) is 0 Å². The number of phenols is 2. The summed E-state index contributed by atoms with van der Waals surface area (Å²) in [6.07, 6.45) is 0. The normalized spacial score (nSPS) is 12.5. The van der Waals surface area contributed by atoms with Crippen LogP contribution in [0.2, 0.25) is 0 Å². The summed E-state index contributed by atoms with van der Waals surface area (Å²) >= 11 is 0. The molecule has 0 aromatic heterocycles. The third-order valence-electron chi connectivity index (χ3n) is 3.60. The molecule has 0 saturated heterocycles. The Hall–Kier alpha value is -3.82. The first kappa shape index (κ1) is 15.1. The molecule has 0 spiro atoms. The molecule has 0 heterocycles. The molecule has 24 heavy (non-hydrogen) atoms. The second-order valence-electron chi connectivity index (χ2n) is 4.92. The van der Waals surface area contributed by atoms with Gasteiger partial charge in [-0.05, 0) is 6.07 Å².